The number of pyridine rings is 1. The summed E-state index contributed by atoms with van der Waals surface area (Å²) in [5, 5.41) is 0.830. The smallest absolute Gasteiger partial charge is 0.245 e. The van der Waals surface area contributed by atoms with Gasteiger partial charge >= 0.3 is 0 Å². The Morgan fingerprint density at radius 2 is 2.00 bits per heavy atom. The van der Waals surface area contributed by atoms with Crippen molar-refractivity contribution in [3.05, 3.63) is 36.5 Å². The molecule has 0 bridgehead atoms. The molecule has 1 aliphatic heterocycles. The number of piperidine rings is 1. The molecule has 0 spiro atoms. The van der Waals surface area contributed by atoms with Gasteiger partial charge in [0.05, 0.1) is 5.52 Å². The minimum Gasteiger partial charge on any atom is -0.327 e. The molecule has 6 heteroatoms. The molecule has 5 nitrogen and oxygen atoms in total. The molecule has 1 fully saturated rings. The summed E-state index contributed by atoms with van der Waals surface area (Å²) in [6, 6.07) is 8.96. The maximum absolute atomic E-state index is 13.0. The van der Waals surface area contributed by atoms with E-state index in [2.05, 4.69) is 4.98 Å². The number of nitrogens with zero attached hydrogens (tertiary/aromatic N) is 2. The van der Waals surface area contributed by atoms with E-state index >= 15 is 0 Å². The Bertz CT molecular complexity index is 797. The Balaban J connectivity index is 2.06. The van der Waals surface area contributed by atoms with Gasteiger partial charge in [0.25, 0.3) is 0 Å². The number of sulfonamides is 1. The van der Waals surface area contributed by atoms with Crippen molar-refractivity contribution in [3.63, 3.8) is 0 Å². The van der Waals surface area contributed by atoms with Crippen LogP contribution in [0.1, 0.15) is 20.3 Å². The molecule has 1 atom stereocenters. The summed E-state index contributed by atoms with van der Waals surface area (Å²) >= 11 is 0. The summed E-state index contributed by atoms with van der Waals surface area (Å²) in [5.41, 5.74) is 6.41. The van der Waals surface area contributed by atoms with Crippen LogP contribution in [0, 0.1) is 5.41 Å². The number of rotatable bonds is 2. The molecule has 0 aliphatic carbocycles. The van der Waals surface area contributed by atoms with Crippen LogP contribution in [0.15, 0.2) is 41.4 Å². The number of benzene rings is 1. The van der Waals surface area contributed by atoms with Crippen LogP contribution in [0.3, 0.4) is 0 Å². The molecule has 0 saturated carbocycles. The highest BCUT2D eigenvalue weighted by Crippen LogP contribution is 2.32. The van der Waals surface area contributed by atoms with Crippen molar-refractivity contribution in [2.45, 2.75) is 31.2 Å². The quantitative estimate of drug-likeness (QED) is 0.918. The van der Waals surface area contributed by atoms with E-state index in [1.54, 1.807) is 22.6 Å². The van der Waals surface area contributed by atoms with Gasteiger partial charge < -0.3 is 5.73 Å². The Morgan fingerprint density at radius 3 is 2.73 bits per heavy atom. The summed E-state index contributed by atoms with van der Waals surface area (Å²) in [4.78, 5) is 4.54. The predicted molar refractivity (Wildman–Crippen MR) is 86.9 cm³/mol. The molecular weight excluding hydrogens is 298 g/mol. The van der Waals surface area contributed by atoms with Crippen LogP contribution in [0.4, 0.5) is 0 Å². The van der Waals surface area contributed by atoms with E-state index in [4.69, 9.17) is 5.73 Å². The van der Waals surface area contributed by atoms with Crippen LogP contribution in [0.2, 0.25) is 0 Å². The summed E-state index contributed by atoms with van der Waals surface area (Å²) < 4.78 is 27.6. The average Bonchev–Trinajstić information content (AvgIpc) is 2.49. The number of aromatic nitrogens is 1. The first-order valence-corrected chi connectivity index (χ1v) is 8.86. The van der Waals surface area contributed by atoms with E-state index in [0.717, 1.165) is 5.39 Å². The van der Waals surface area contributed by atoms with Gasteiger partial charge in [-0.25, -0.2) is 8.42 Å². The second kappa shape index (κ2) is 5.30. The molecule has 1 aromatic heterocycles. The van der Waals surface area contributed by atoms with Gasteiger partial charge in [-0.1, -0.05) is 32.0 Å². The third-order valence-electron chi connectivity index (χ3n) is 4.49. The van der Waals surface area contributed by atoms with Crippen LogP contribution in [0.25, 0.3) is 10.9 Å². The molecule has 2 aromatic rings. The van der Waals surface area contributed by atoms with Crippen molar-refractivity contribution >= 4 is 20.9 Å². The lowest BCUT2D eigenvalue weighted by Gasteiger charge is -2.41. The van der Waals surface area contributed by atoms with Crippen molar-refractivity contribution in [1.29, 1.82) is 0 Å². The number of nitrogens with two attached hydrogens (primary N) is 1. The fourth-order valence-electron chi connectivity index (χ4n) is 2.95. The first-order chi connectivity index (χ1) is 10.3. The molecule has 118 valence electrons. The topological polar surface area (TPSA) is 76.3 Å². The lowest BCUT2D eigenvalue weighted by Crippen LogP contribution is -2.53. The normalized spacial score (nSPS) is 22.8. The van der Waals surface area contributed by atoms with Gasteiger partial charge in [0.2, 0.25) is 10.0 Å². The van der Waals surface area contributed by atoms with Crippen LogP contribution in [-0.4, -0.2) is 36.8 Å². The summed E-state index contributed by atoms with van der Waals surface area (Å²) in [5.74, 6) is 0. The van der Waals surface area contributed by atoms with Gasteiger partial charge in [-0.3, -0.25) is 4.98 Å². The van der Waals surface area contributed by atoms with E-state index in [9.17, 15) is 8.42 Å². The highest BCUT2D eigenvalue weighted by molar-refractivity contribution is 7.89. The summed E-state index contributed by atoms with van der Waals surface area (Å²) in [6.07, 6.45) is 2.29. The fraction of sp³-hybridized carbons (Fsp3) is 0.438. The monoisotopic (exact) mass is 319 g/mol. The number of hydrogen-bond donors (Lipinski definition) is 1. The number of para-hydroxylation sites is 1. The van der Waals surface area contributed by atoms with Crippen LogP contribution in [0.5, 0.6) is 0 Å². The summed E-state index contributed by atoms with van der Waals surface area (Å²) in [7, 11) is -3.57. The van der Waals surface area contributed by atoms with Crippen molar-refractivity contribution in [1.82, 2.24) is 9.29 Å². The largest absolute Gasteiger partial charge is 0.327 e. The van der Waals surface area contributed by atoms with Crippen molar-refractivity contribution in [3.8, 4) is 0 Å². The van der Waals surface area contributed by atoms with E-state index in [0.29, 0.717) is 25.0 Å². The Kier molecular flexibility index (Phi) is 3.71. The minimum atomic E-state index is -3.57. The molecular formula is C16H21N3O2S. The Labute approximate surface area is 131 Å². The van der Waals surface area contributed by atoms with Gasteiger partial charge in [0, 0.05) is 30.7 Å². The van der Waals surface area contributed by atoms with E-state index in [1.807, 2.05) is 32.0 Å². The molecule has 1 unspecified atom stereocenters. The molecule has 0 radical (unpaired) electrons. The lowest BCUT2D eigenvalue weighted by atomic mass is 9.81. The Hall–Kier alpha value is -1.50. The van der Waals surface area contributed by atoms with Crippen molar-refractivity contribution in [2.75, 3.05) is 13.1 Å². The lowest BCUT2D eigenvalue weighted by molar-refractivity contribution is 0.155. The van der Waals surface area contributed by atoms with Crippen LogP contribution >= 0.6 is 0 Å². The van der Waals surface area contributed by atoms with Gasteiger partial charge in [-0.05, 0) is 24.0 Å². The van der Waals surface area contributed by atoms with Gasteiger partial charge in [0.1, 0.15) is 4.90 Å². The molecule has 3 rings (SSSR count). The second-order valence-electron chi connectivity index (χ2n) is 6.55. The standard InChI is InChI=1S/C16H21N3O2S/c1-16(2)11-19(10-8-14(16)17)22(20,21)13-7-3-5-12-6-4-9-18-15(12)13/h3-7,9,14H,8,10-11,17H2,1-2H3. The van der Waals surface area contributed by atoms with E-state index in [-0.39, 0.29) is 16.4 Å². The molecule has 1 saturated heterocycles. The third kappa shape index (κ3) is 2.51. The molecule has 22 heavy (non-hydrogen) atoms. The van der Waals surface area contributed by atoms with E-state index in [1.165, 1.54) is 0 Å². The SMILES string of the molecule is CC1(C)CN(S(=O)(=O)c2cccc3cccnc23)CCC1N. The first kappa shape index (κ1) is 15.4. The molecule has 0 amide bonds. The first-order valence-electron chi connectivity index (χ1n) is 7.42. The molecule has 2 heterocycles. The zero-order chi connectivity index (χ0) is 16.0. The van der Waals surface area contributed by atoms with Crippen molar-refractivity contribution in [2.24, 2.45) is 11.1 Å². The van der Waals surface area contributed by atoms with Crippen LogP contribution in [-0.2, 0) is 10.0 Å². The number of fused-ring (bicyclic) bond motifs is 1. The number of hydrogen-bond acceptors (Lipinski definition) is 4. The molecule has 1 aromatic carbocycles. The highest BCUT2D eigenvalue weighted by Gasteiger charge is 2.39. The summed E-state index contributed by atoms with van der Waals surface area (Å²) in [6.45, 7) is 4.91. The zero-order valence-corrected chi connectivity index (χ0v) is 13.7. The maximum Gasteiger partial charge on any atom is 0.245 e. The maximum atomic E-state index is 13.0. The average molecular weight is 319 g/mol. The molecule has 2 N–H and O–H groups in total. The Morgan fingerprint density at radius 1 is 1.27 bits per heavy atom. The third-order valence-corrected chi connectivity index (χ3v) is 6.37. The van der Waals surface area contributed by atoms with Gasteiger partial charge in [0.15, 0.2) is 0 Å². The fourth-order valence-corrected chi connectivity index (χ4v) is 4.75. The van der Waals surface area contributed by atoms with Gasteiger partial charge in [-0.15, -0.1) is 0 Å². The van der Waals surface area contributed by atoms with Crippen molar-refractivity contribution < 1.29 is 8.42 Å². The minimum absolute atomic E-state index is 0.0181. The zero-order valence-electron chi connectivity index (χ0n) is 12.9. The predicted octanol–water partition coefficient (Wildman–Crippen LogP) is 1.98. The highest BCUT2D eigenvalue weighted by atomic mass is 32.2. The van der Waals surface area contributed by atoms with E-state index < -0.39 is 10.0 Å². The van der Waals surface area contributed by atoms with Crippen LogP contribution < -0.4 is 5.73 Å². The van der Waals surface area contributed by atoms with Gasteiger partial charge in [-0.2, -0.15) is 4.31 Å². The molecule has 1 aliphatic rings. The second-order valence-corrected chi connectivity index (χ2v) is 8.46.